The van der Waals surface area contributed by atoms with Crippen LogP contribution in [-0.4, -0.2) is 45.8 Å². The predicted molar refractivity (Wildman–Crippen MR) is 143 cm³/mol. The first-order valence-corrected chi connectivity index (χ1v) is 12.8. The van der Waals surface area contributed by atoms with E-state index in [4.69, 9.17) is 9.97 Å². The zero-order chi connectivity index (χ0) is 24.4. The van der Waals surface area contributed by atoms with Gasteiger partial charge in [-0.05, 0) is 81.7 Å². The lowest BCUT2D eigenvalue weighted by Gasteiger charge is -2.30. The Kier molecular flexibility index (Phi) is 6.74. The molecule has 0 unspecified atom stereocenters. The van der Waals surface area contributed by atoms with E-state index in [1.165, 1.54) is 22.5 Å². The molecule has 0 atom stereocenters. The number of rotatable bonds is 7. The Morgan fingerprint density at radius 1 is 1.11 bits per heavy atom. The molecule has 5 rings (SSSR count). The van der Waals surface area contributed by atoms with Crippen LogP contribution in [0.1, 0.15) is 30.9 Å². The summed E-state index contributed by atoms with van der Waals surface area (Å²) in [6.07, 6.45) is 3.73. The zero-order valence-electron chi connectivity index (χ0n) is 20.4. The summed E-state index contributed by atoms with van der Waals surface area (Å²) in [5, 5.41) is 4.13. The summed E-state index contributed by atoms with van der Waals surface area (Å²) in [4.78, 5) is 31.0. The smallest absolute Gasteiger partial charge is 0.190 e. The van der Waals surface area contributed by atoms with Gasteiger partial charge < -0.3 is 10.2 Å². The van der Waals surface area contributed by atoms with Crippen LogP contribution in [-0.2, 0) is 11.3 Å². The van der Waals surface area contributed by atoms with Crippen molar-refractivity contribution in [3.63, 3.8) is 0 Å². The van der Waals surface area contributed by atoms with Crippen LogP contribution in [0.15, 0.2) is 54.7 Å². The minimum absolute atomic E-state index is 0.228. The summed E-state index contributed by atoms with van der Waals surface area (Å²) in [7, 11) is 2.02. The van der Waals surface area contributed by atoms with E-state index in [1.54, 1.807) is 6.92 Å². The molecule has 8 heteroatoms. The number of hydrogen-bond acceptors (Lipinski definition) is 8. The molecule has 3 aromatic heterocycles. The molecule has 0 bridgehead atoms. The third-order valence-corrected chi connectivity index (χ3v) is 7.51. The highest BCUT2D eigenvalue weighted by Crippen LogP contribution is 2.30. The molecule has 0 amide bonds. The number of piperidine rings is 1. The number of thiazole rings is 1. The topological polar surface area (TPSA) is 74.2 Å². The molecule has 1 aliphatic heterocycles. The Balaban J connectivity index is 1.26. The number of Topliss-reactive ketones (excluding diaryl/α,β-unsaturated/α-hetero) is 1. The Morgan fingerprint density at radius 3 is 2.63 bits per heavy atom. The minimum Gasteiger partial charge on any atom is -0.329 e. The van der Waals surface area contributed by atoms with E-state index in [2.05, 4.69) is 63.4 Å². The van der Waals surface area contributed by atoms with Crippen LogP contribution < -0.4 is 10.2 Å². The van der Waals surface area contributed by atoms with Gasteiger partial charge in [-0.3, -0.25) is 9.69 Å². The quantitative estimate of drug-likeness (QED) is 0.359. The summed E-state index contributed by atoms with van der Waals surface area (Å²) >= 11 is 1.52. The van der Waals surface area contributed by atoms with E-state index in [9.17, 15) is 4.79 Å². The van der Waals surface area contributed by atoms with E-state index in [0.717, 1.165) is 65.3 Å². The number of benzene rings is 1. The molecule has 180 valence electrons. The maximum atomic E-state index is 11.6. The van der Waals surface area contributed by atoms with Crippen molar-refractivity contribution in [2.75, 3.05) is 30.4 Å². The van der Waals surface area contributed by atoms with Crippen molar-refractivity contribution >= 4 is 49.9 Å². The SMILES string of the molecule is CC(=O)C1CCN(Cc2ccnc(Nc3nc4ccc(N(C)c5ccc(C)cc5)nc4s3)c2)CC1. The number of hydrogen-bond donors (Lipinski definition) is 1. The van der Waals surface area contributed by atoms with Crippen LogP contribution in [0.2, 0.25) is 0 Å². The zero-order valence-corrected chi connectivity index (χ0v) is 21.2. The predicted octanol–water partition coefficient (Wildman–Crippen LogP) is 5.71. The molecule has 0 radical (unpaired) electrons. The number of likely N-dealkylation sites (tertiary alicyclic amines) is 1. The van der Waals surface area contributed by atoms with Gasteiger partial charge >= 0.3 is 0 Å². The fourth-order valence-corrected chi connectivity index (χ4v) is 5.29. The number of anilines is 4. The molecule has 1 saturated heterocycles. The fourth-order valence-electron chi connectivity index (χ4n) is 4.45. The van der Waals surface area contributed by atoms with Gasteiger partial charge in [-0.2, -0.15) is 0 Å². The number of ketones is 1. The number of pyridine rings is 2. The number of carbonyl (C=O) groups excluding carboxylic acids is 1. The van der Waals surface area contributed by atoms with E-state index in [-0.39, 0.29) is 5.92 Å². The van der Waals surface area contributed by atoms with Gasteiger partial charge in [-0.25, -0.2) is 15.0 Å². The van der Waals surface area contributed by atoms with Gasteiger partial charge in [0, 0.05) is 31.4 Å². The highest BCUT2D eigenvalue weighted by Gasteiger charge is 2.22. The van der Waals surface area contributed by atoms with Crippen LogP contribution in [0, 0.1) is 12.8 Å². The van der Waals surface area contributed by atoms with E-state index in [1.807, 2.05) is 25.4 Å². The first-order valence-electron chi connectivity index (χ1n) is 12.0. The van der Waals surface area contributed by atoms with Crippen molar-refractivity contribution in [2.45, 2.75) is 33.2 Å². The number of aryl methyl sites for hydroxylation is 1. The van der Waals surface area contributed by atoms with Crippen LogP contribution in [0.25, 0.3) is 10.3 Å². The van der Waals surface area contributed by atoms with Crippen molar-refractivity contribution in [3.8, 4) is 0 Å². The van der Waals surface area contributed by atoms with Crippen molar-refractivity contribution in [3.05, 3.63) is 65.9 Å². The van der Waals surface area contributed by atoms with E-state index < -0.39 is 0 Å². The second-order valence-electron chi connectivity index (χ2n) is 9.24. The van der Waals surface area contributed by atoms with Gasteiger partial charge in [0.15, 0.2) is 5.13 Å². The summed E-state index contributed by atoms with van der Waals surface area (Å²) < 4.78 is 0. The molecule has 7 nitrogen and oxygen atoms in total. The summed E-state index contributed by atoms with van der Waals surface area (Å²) in [6, 6.07) is 16.6. The van der Waals surface area contributed by atoms with Crippen LogP contribution in [0.3, 0.4) is 0 Å². The molecule has 35 heavy (non-hydrogen) atoms. The number of nitrogens with one attached hydrogen (secondary N) is 1. The average molecular weight is 487 g/mol. The Hall–Kier alpha value is -3.36. The summed E-state index contributed by atoms with van der Waals surface area (Å²) in [5.41, 5.74) is 4.39. The third kappa shape index (κ3) is 5.49. The molecule has 1 aromatic carbocycles. The number of nitrogens with zero attached hydrogens (tertiary/aromatic N) is 5. The molecular formula is C27H30N6OS. The first-order chi connectivity index (χ1) is 16.9. The number of fused-ring (bicyclic) bond motifs is 1. The monoisotopic (exact) mass is 486 g/mol. The van der Waals surface area contributed by atoms with E-state index >= 15 is 0 Å². The highest BCUT2D eigenvalue weighted by molar-refractivity contribution is 7.21. The Labute approximate surface area is 209 Å². The standard InChI is InChI=1S/C27H30N6OS/c1-18-4-6-22(7-5-18)32(3)25-9-8-23-26(31-25)35-27(29-23)30-24-16-20(10-13-28-24)17-33-14-11-21(12-15-33)19(2)34/h4-10,13,16,21H,11-12,14-15,17H2,1-3H3,(H,28,29,30). The Bertz CT molecular complexity index is 1330. The molecule has 4 heterocycles. The highest BCUT2D eigenvalue weighted by atomic mass is 32.1. The average Bonchev–Trinajstić information content (AvgIpc) is 3.26. The second-order valence-corrected chi connectivity index (χ2v) is 10.2. The normalized spacial score (nSPS) is 14.8. The van der Waals surface area contributed by atoms with Crippen LogP contribution in [0.5, 0.6) is 0 Å². The van der Waals surface area contributed by atoms with Gasteiger partial charge in [0.25, 0.3) is 0 Å². The largest absolute Gasteiger partial charge is 0.329 e. The van der Waals surface area contributed by atoms with Gasteiger partial charge in [-0.15, -0.1) is 0 Å². The van der Waals surface area contributed by atoms with Gasteiger partial charge in [0.2, 0.25) is 0 Å². The van der Waals surface area contributed by atoms with Gasteiger partial charge in [0.1, 0.15) is 27.8 Å². The van der Waals surface area contributed by atoms with Crippen molar-refractivity contribution in [1.82, 2.24) is 19.9 Å². The first kappa shape index (κ1) is 23.4. The maximum absolute atomic E-state index is 11.6. The maximum Gasteiger partial charge on any atom is 0.190 e. The lowest BCUT2D eigenvalue weighted by atomic mass is 9.93. The molecule has 1 aliphatic rings. The summed E-state index contributed by atoms with van der Waals surface area (Å²) in [5.74, 6) is 2.20. The minimum atomic E-state index is 0.228. The lowest BCUT2D eigenvalue weighted by molar-refractivity contribution is -0.122. The molecule has 1 N–H and O–H groups in total. The van der Waals surface area contributed by atoms with Crippen molar-refractivity contribution in [1.29, 1.82) is 0 Å². The van der Waals surface area contributed by atoms with E-state index in [0.29, 0.717) is 5.78 Å². The van der Waals surface area contributed by atoms with Crippen LogP contribution in [0.4, 0.5) is 22.5 Å². The van der Waals surface area contributed by atoms with Gasteiger partial charge in [0.05, 0.1) is 0 Å². The number of aromatic nitrogens is 3. The van der Waals surface area contributed by atoms with Gasteiger partial charge in [-0.1, -0.05) is 29.0 Å². The van der Waals surface area contributed by atoms with Crippen molar-refractivity contribution < 1.29 is 4.79 Å². The Morgan fingerprint density at radius 2 is 1.89 bits per heavy atom. The lowest BCUT2D eigenvalue weighted by Crippen LogP contribution is -2.35. The van der Waals surface area contributed by atoms with Crippen molar-refractivity contribution in [2.24, 2.45) is 5.92 Å². The molecule has 0 spiro atoms. The number of carbonyl (C=O) groups is 1. The molecule has 0 saturated carbocycles. The van der Waals surface area contributed by atoms with Crippen LogP contribution >= 0.6 is 11.3 Å². The molecule has 1 fully saturated rings. The molecule has 4 aromatic rings. The summed E-state index contributed by atoms with van der Waals surface area (Å²) in [6.45, 7) is 6.57. The fraction of sp³-hybridized carbons (Fsp3) is 0.333. The molecular weight excluding hydrogens is 456 g/mol. The molecule has 0 aliphatic carbocycles. The third-order valence-electron chi connectivity index (χ3n) is 6.63. The second kappa shape index (κ2) is 10.1.